The first-order chi connectivity index (χ1) is 9.85. The summed E-state index contributed by atoms with van der Waals surface area (Å²) < 4.78 is 0. The highest BCUT2D eigenvalue weighted by molar-refractivity contribution is 5.85. The molecule has 0 saturated carbocycles. The third kappa shape index (κ3) is 4.03. The minimum Gasteiger partial charge on any atom is -0.330 e. The van der Waals surface area contributed by atoms with Crippen molar-refractivity contribution in [1.29, 1.82) is 0 Å². The van der Waals surface area contributed by atoms with Crippen LogP contribution in [0.15, 0.2) is 36.5 Å². The van der Waals surface area contributed by atoms with Crippen LogP contribution in [-0.4, -0.2) is 39.5 Å². The highest BCUT2D eigenvalue weighted by Gasteiger charge is 2.18. The molecule has 1 aromatic carbocycles. The summed E-state index contributed by atoms with van der Waals surface area (Å²) in [6, 6.07) is 10.0. The van der Waals surface area contributed by atoms with Gasteiger partial charge in [-0.05, 0) is 50.5 Å². The molecule has 0 radical (unpaired) electrons. The first-order valence-electron chi connectivity index (χ1n) is 7.24. The maximum Gasteiger partial charge on any atom is 0.0971 e. The summed E-state index contributed by atoms with van der Waals surface area (Å²) in [5.41, 5.74) is 7.75. The van der Waals surface area contributed by atoms with Crippen LogP contribution in [0.4, 0.5) is 0 Å². The first kappa shape index (κ1) is 15.9. The van der Waals surface area contributed by atoms with Crippen LogP contribution in [0.25, 0.3) is 5.69 Å². The number of aromatic nitrogens is 3. The predicted molar refractivity (Wildman–Crippen MR) is 85.7 cm³/mol. The third-order valence-corrected chi connectivity index (χ3v) is 3.95. The number of nitrogens with two attached hydrogens (primary N) is 1. The summed E-state index contributed by atoms with van der Waals surface area (Å²) in [6.07, 6.45) is 4.26. The summed E-state index contributed by atoms with van der Waals surface area (Å²) in [5.74, 6) is 0.700. The number of piperidine rings is 1. The van der Waals surface area contributed by atoms with E-state index in [-0.39, 0.29) is 12.4 Å². The molecular weight excluding hydrogens is 286 g/mol. The van der Waals surface area contributed by atoms with Crippen LogP contribution in [0, 0.1) is 5.92 Å². The van der Waals surface area contributed by atoms with Gasteiger partial charge in [0, 0.05) is 6.54 Å². The zero-order chi connectivity index (χ0) is 13.8. The van der Waals surface area contributed by atoms with Crippen LogP contribution in [-0.2, 0) is 6.54 Å². The number of para-hydroxylation sites is 1. The van der Waals surface area contributed by atoms with E-state index in [1.165, 1.54) is 12.8 Å². The molecule has 0 spiro atoms. The molecule has 0 unspecified atom stereocenters. The molecular formula is C15H22ClN5. The zero-order valence-electron chi connectivity index (χ0n) is 12.1. The first-order valence-corrected chi connectivity index (χ1v) is 7.24. The number of hydrogen-bond acceptors (Lipinski definition) is 4. The van der Waals surface area contributed by atoms with E-state index in [4.69, 9.17) is 5.73 Å². The van der Waals surface area contributed by atoms with E-state index in [1.807, 2.05) is 36.5 Å². The molecule has 1 saturated heterocycles. The Morgan fingerprint density at radius 2 is 1.86 bits per heavy atom. The SMILES string of the molecule is Cl.NCC1CCN(Cc2cnn(-c3ccccc3)n2)CC1. The molecule has 0 amide bonds. The number of hydrogen-bond donors (Lipinski definition) is 1. The number of rotatable bonds is 4. The molecule has 2 aromatic rings. The second kappa shape index (κ2) is 7.54. The quantitative estimate of drug-likeness (QED) is 0.936. The van der Waals surface area contributed by atoms with Gasteiger partial charge in [-0.3, -0.25) is 4.90 Å². The molecule has 1 fully saturated rings. The second-order valence-corrected chi connectivity index (χ2v) is 5.42. The van der Waals surface area contributed by atoms with Crippen LogP contribution in [0.2, 0.25) is 0 Å². The van der Waals surface area contributed by atoms with E-state index < -0.39 is 0 Å². The Morgan fingerprint density at radius 1 is 1.14 bits per heavy atom. The monoisotopic (exact) mass is 307 g/mol. The van der Waals surface area contributed by atoms with Gasteiger partial charge in [-0.1, -0.05) is 18.2 Å². The second-order valence-electron chi connectivity index (χ2n) is 5.42. The Hall–Kier alpha value is -1.43. The largest absolute Gasteiger partial charge is 0.330 e. The van der Waals surface area contributed by atoms with Crippen molar-refractivity contribution in [3.63, 3.8) is 0 Å². The van der Waals surface area contributed by atoms with Gasteiger partial charge in [0.15, 0.2) is 0 Å². The lowest BCUT2D eigenvalue weighted by atomic mass is 9.97. The lowest BCUT2D eigenvalue weighted by Gasteiger charge is -2.30. The maximum absolute atomic E-state index is 5.72. The Labute approximate surface area is 131 Å². The van der Waals surface area contributed by atoms with Crippen molar-refractivity contribution in [3.8, 4) is 5.69 Å². The van der Waals surface area contributed by atoms with E-state index in [0.717, 1.165) is 37.6 Å². The summed E-state index contributed by atoms with van der Waals surface area (Å²) in [5, 5.41) is 8.89. The summed E-state index contributed by atoms with van der Waals surface area (Å²) in [6.45, 7) is 3.92. The van der Waals surface area contributed by atoms with E-state index >= 15 is 0 Å². The van der Waals surface area contributed by atoms with Crippen molar-refractivity contribution in [2.24, 2.45) is 11.7 Å². The van der Waals surface area contributed by atoms with Gasteiger partial charge in [0.2, 0.25) is 0 Å². The maximum atomic E-state index is 5.72. The van der Waals surface area contributed by atoms with E-state index in [2.05, 4.69) is 15.1 Å². The fourth-order valence-corrected chi connectivity index (χ4v) is 2.66. The molecule has 2 N–H and O–H groups in total. The Bertz CT molecular complexity index is 534. The van der Waals surface area contributed by atoms with Gasteiger partial charge in [0.1, 0.15) is 0 Å². The van der Waals surface area contributed by atoms with Crippen LogP contribution in [0.5, 0.6) is 0 Å². The number of benzene rings is 1. The summed E-state index contributed by atoms with van der Waals surface area (Å²) >= 11 is 0. The van der Waals surface area contributed by atoms with E-state index in [0.29, 0.717) is 5.92 Å². The minimum atomic E-state index is 0. The molecule has 2 heterocycles. The van der Waals surface area contributed by atoms with Gasteiger partial charge in [-0.25, -0.2) is 0 Å². The molecule has 21 heavy (non-hydrogen) atoms. The average molecular weight is 308 g/mol. The minimum absolute atomic E-state index is 0. The average Bonchev–Trinajstić information content (AvgIpc) is 2.97. The van der Waals surface area contributed by atoms with Crippen molar-refractivity contribution < 1.29 is 0 Å². The molecule has 1 aliphatic rings. The summed E-state index contributed by atoms with van der Waals surface area (Å²) in [4.78, 5) is 4.13. The molecule has 1 aromatic heterocycles. The van der Waals surface area contributed by atoms with E-state index in [9.17, 15) is 0 Å². The molecule has 6 heteroatoms. The van der Waals surface area contributed by atoms with Gasteiger partial charge < -0.3 is 5.73 Å². The van der Waals surface area contributed by atoms with Crippen LogP contribution < -0.4 is 5.73 Å². The third-order valence-electron chi connectivity index (χ3n) is 3.95. The highest BCUT2D eigenvalue weighted by Crippen LogP contribution is 2.17. The van der Waals surface area contributed by atoms with Crippen LogP contribution in [0.3, 0.4) is 0 Å². The van der Waals surface area contributed by atoms with Gasteiger partial charge in [0.25, 0.3) is 0 Å². The van der Waals surface area contributed by atoms with Crippen LogP contribution in [0.1, 0.15) is 18.5 Å². The van der Waals surface area contributed by atoms with Crippen LogP contribution >= 0.6 is 12.4 Å². The lowest BCUT2D eigenvalue weighted by Crippen LogP contribution is -2.35. The molecule has 0 bridgehead atoms. The number of nitrogens with zero attached hydrogens (tertiary/aromatic N) is 4. The van der Waals surface area contributed by atoms with Gasteiger partial charge in [0.05, 0.1) is 17.6 Å². The van der Waals surface area contributed by atoms with Crippen molar-refractivity contribution in [2.75, 3.05) is 19.6 Å². The number of likely N-dealkylation sites (tertiary alicyclic amines) is 1. The normalized spacial score (nSPS) is 16.6. The molecule has 114 valence electrons. The van der Waals surface area contributed by atoms with Crippen molar-refractivity contribution >= 4 is 12.4 Å². The van der Waals surface area contributed by atoms with Gasteiger partial charge in [-0.15, -0.1) is 12.4 Å². The van der Waals surface area contributed by atoms with E-state index in [1.54, 1.807) is 4.80 Å². The molecule has 1 aliphatic heterocycles. The lowest BCUT2D eigenvalue weighted by molar-refractivity contribution is 0.178. The fourth-order valence-electron chi connectivity index (χ4n) is 2.66. The van der Waals surface area contributed by atoms with Gasteiger partial charge >= 0.3 is 0 Å². The van der Waals surface area contributed by atoms with Gasteiger partial charge in [-0.2, -0.15) is 15.0 Å². The molecule has 3 rings (SSSR count). The zero-order valence-corrected chi connectivity index (χ0v) is 12.9. The number of halogens is 1. The molecule has 0 atom stereocenters. The Balaban J connectivity index is 0.00000161. The van der Waals surface area contributed by atoms with Crippen molar-refractivity contribution in [1.82, 2.24) is 19.9 Å². The summed E-state index contributed by atoms with van der Waals surface area (Å²) in [7, 11) is 0. The standard InChI is InChI=1S/C15H21N5.ClH/c16-10-13-6-8-19(9-7-13)12-14-11-17-20(18-14)15-4-2-1-3-5-15;/h1-5,11,13H,6-10,12,16H2;1H. The van der Waals surface area contributed by atoms with Crippen molar-refractivity contribution in [2.45, 2.75) is 19.4 Å². The Kier molecular flexibility index (Phi) is 5.73. The highest BCUT2D eigenvalue weighted by atomic mass is 35.5. The smallest absolute Gasteiger partial charge is 0.0971 e. The topological polar surface area (TPSA) is 60.0 Å². The molecule has 0 aliphatic carbocycles. The molecule has 5 nitrogen and oxygen atoms in total. The fraction of sp³-hybridized carbons (Fsp3) is 0.467. The predicted octanol–water partition coefficient (Wildman–Crippen LogP) is 1.86. The van der Waals surface area contributed by atoms with Crippen molar-refractivity contribution in [3.05, 3.63) is 42.2 Å². The Morgan fingerprint density at radius 3 is 2.52 bits per heavy atom.